The van der Waals surface area contributed by atoms with Gasteiger partial charge in [-0.25, -0.2) is 0 Å². The molecule has 0 saturated carbocycles. The van der Waals surface area contributed by atoms with Gasteiger partial charge in [-0.1, -0.05) is 16.8 Å². The molecule has 10 nitrogen and oxygen atoms in total. The van der Waals surface area contributed by atoms with Gasteiger partial charge in [0.05, 0.1) is 41.8 Å². The second-order valence-corrected chi connectivity index (χ2v) is 6.57. The van der Waals surface area contributed by atoms with E-state index in [2.05, 4.69) is 10.1 Å². The third kappa shape index (κ3) is 4.33. The third-order valence-electron chi connectivity index (χ3n) is 4.23. The SMILES string of the molecule is COc1ccc(-c2noc(CN(C)C(=O)c3cc([N+](=O)[O-])ccc3Cl)n2)c(OC)c1. The second-order valence-electron chi connectivity index (χ2n) is 6.16. The van der Waals surface area contributed by atoms with Gasteiger partial charge in [0.1, 0.15) is 11.5 Å². The van der Waals surface area contributed by atoms with Crippen LogP contribution in [0.2, 0.25) is 5.02 Å². The van der Waals surface area contributed by atoms with Gasteiger partial charge in [-0.15, -0.1) is 0 Å². The summed E-state index contributed by atoms with van der Waals surface area (Å²) in [6, 6.07) is 8.80. The molecular weight excluding hydrogens is 416 g/mol. The van der Waals surface area contributed by atoms with Crippen molar-refractivity contribution in [3.05, 3.63) is 63.0 Å². The first kappa shape index (κ1) is 21.1. The molecule has 0 spiro atoms. The number of hydrogen-bond acceptors (Lipinski definition) is 8. The molecule has 0 aliphatic rings. The predicted octanol–water partition coefficient (Wildman–Crippen LogP) is 3.59. The maximum Gasteiger partial charge on any atom is 0.270 e. The van der Waals surface area contributed by atoms with Gasteiger partial charge in [0.15, 0.2) is 0 Å². The Hall–Kier alpha value is -3.66. The number of amides is 1. The second kappa shape index (κ2) is 8.78. The summed E-state index contributed by atoms with van der Waals surface area (Å²) in [4.78, 5) is 28.6. The Morgan fingerprint density at radius 2 is 2.00 bits per heavy atom. The number of carbonyl (C=O) groups excluding carboxylic acids is 1. The zero-order chi connectivity index (χ0) is 21.8. The summed E-state index contributed by atoms with van der Waals surface area (Å²) in [5, 5.41) is 15.0. The monoisotopic (exact) mass is 432 g/mol. The van der Waals surface area contributed by atoms with Crippen molar-refractivity contribution in [1.82, 2.24) is 15.0 Å². The van der Waals surface area contributed by atoms with Crippen LogP contribution in [0.4, 0.5) is 5.69 Å². The minimum Gasteiger partial charge on any atom is -0.497 e. The lowest BCUT2D eigenvalue weighted by Crippen LogP contribution is -2.26. The van der Waals surface area contributed by atoms with Crippen LogP contribution in [0, 0.1) is 10.1 Å². The summed E-state index contributed by atoms with van der Waals surface area (Å²) in [5.41, 5.74) is 0.358. The van der Waals surface area contributed by atoms with Crippen molar-refractivity contribution < 1.29 is 23.7 Å². The molecule has 1 heterocycles. The van der Waals surface area contributed by atoms with Crippen LogP contribution in [0.5, 0.6) is 11.5 Å². The molecule has 156 valence electrons. The fraction of sp³-hybridized carbons (Fsp3) is 0.211. The molecule has 0 unspecified atom stereocenters. The normalized spacial score (nSPS) is 10.5. The Labute approximate surface area is 176 Å². The number of ether oxygens (including phenoxy) is 2. The first-order valence-corrected chi connectivity index (χ1v) is 8.96. The van der Waals surface area contributed by atoms with Gasteiger partial charge in [0, 0.05) is 25.2 Å². The van der Waals surface area contributed by atoms with Gasteiger partial charge in [0.2, 0.25) is 11.7 Å². The number of hydrogen-bond donors (Lipinski definition) is 0. The number of carbonyl (C=O) groups is 1. The number of nitro benzene ring substituents is 1. The van der Waals surface area contributed by atoms with E-state index in [9.17, 15) is 14.9 Å². The molecule has 0 bridgehead atoms. The Morgan fingerprint density at radius 3 is 2.67 bits per heavy atom. The zero-order valence-electron chi connectivity index (χ0n) is 16.3. The molecule has 0 fully saturated rings. The Kier molecular flexibility index (Phi) is 6.17. The average molecular weight is 433 g/mol. The smallest absolute Gasteiger partial charge is 0.270 e. The lowest BCUT2D eigenvalue weighted by Gasteiger charge is -2.15. The quantitative estimate of drug-likeness (QED) is 0.410. The fourth-order valence-electron chi connectivity index (χ4n) is 2.68. The Bertz CT molecular complexity index is 1100. The lowest BCUT2D eigenvalue weighted by molar-refractivity contribution is -0.384. The van der Waals surface area contributed by atoms with E-state index in [0.29, 0.717) is 17.1 Å². The van der Waals surface area contributed by atoms with E-state index in [-0.39, 0.29) is 34.5 Å². The Morgan fingerprint density at radius 1 is 1.23 bits per heavy atom. The minimum absolute atomic E-state index is 0.00456. The van der Waals surface area contributed by atoms with Gasteiger partial charge >= 0.3 is 0 Å². The molecule has 0 aliphatic heterocycles. The molecule has 11 heteroatoms. The van der Waals surface area contributed by atoms with Gasteiger partial charge in [-0.05, 0) is 18.2 Å². The minimum atomic E-state index is -0.598. The molecule has 3 aromatic rings. The van der Waals surface area contributed by atoms with Crippen LogP contribution in [0.3, 0.4) is 0 Å². The van der Waals surface area contributed by atoms with Crippen LogP contribution < -0.4 is 9.47 Å². The number of nitro groups is 1. The lowest BCUT2D eigenvalue weighted by atomic mass is 10.1. The van der Waals surface area contributed by atoms with E-state index < -0.39 is 10.8 Å². The topological polar surface area (TPSA) is 121 Å². The standard InChI is InChI=1S/C19H17ClN4O6/c1-23(19(25)14-8-11(24(26)27)4-7-15(14)20)10-17-21-18(22-30-17)13-6-5-12(28-2)9-16(13)29-3/h4-9H,10H2,1-3H3. The first-order valence-electron chi connectivity index (χ1n) is 8.58. The zero-order valence-corrected chi connectivity index (χ0v) is 17.0. The number of rotatable bonds is 7. The van der Waals surface area contributed by atoms with Gasteiger partial charge < -0.3 is 18.9 Å². The van der Waals surface area contributed by atoms with Gasteiger partial charge in [0.25, 0.3) is 11.6 Å². The van der Waals surface area contributed by atoms with Crippen LogP contribution in [-0.2, 0) is 6.54 Å². The molecule has 0 atom stereocenters. The number of aromatic nitrogens is 2. The molecule has 0 saturated heterocycles. The summed E-state index contributed by atoms with van der Waals surface area (Å²) in [6.45, 7) is -0.0245. The molecule has 3 rings (SSSR count). The molecule has 1 amide bonds. The summed E-state index contributed by atoms with van der Waals surface area (Å²) in [6.07, 6.45) is 0. The summed E-state index contributed by atoms with van der Waals surface area (Å²) in [5.74, 6) is 1.03. The third-order valence-corrected chi connectivity index (χ3v) is 4.56. The van der Waals surface area contributed by atoms with Gasteiger partial charge in [-0.3, -0.25) is 14.9 Å². The van der Waals surface area contributed by atoms with Crippen LogP contribution in [0.15, 0.2) is 40.9 Å². The van der Waals surface area contributed by atoms with E-state index in [4.69, 9.17) is 25.6 Å². The maximum atomic E-state index is 12.7. The molecule has 2 aromatic carbocycles. The van der Waals surface area contributed by atoms with Crippen molar-refractivity contribution in [1.29, 1.82) is 0 Å². The summed E-state index contributed by atoms with van der Waals surface area (Å²) < 4.78 is 15.7. The molecule has 1 aromatic heterocycles. The fourth-order valence-corrected chi connectivity index (χ4v) is 2.88. The molecule has 0 N–H and O–H groups in total. The molecular formula is C19H17ClN4O6. The number of non-ortho nitro benzene ring substituents is 1. The van der Waals surface area contributed by atoms with E-state index in [1.54, 1.807) is 25.3 Å². The van der Waals surface area contributed by atoms with Crippen molar-refractivity contribution in [2.45, 2.75) is 6.54 Å². The number of methoxy groups -OCH3 is 2. The summed E-state index contributed by atoms with van der Waals surface area (Å²) >= 11 is 6.04. The van der Waals surface area contributed by atoms with Crippen LogP contribution >= 0.6 is 11.6 Å². The predicted molar refractivity (Wildman–Crippen MR) is 107 cm³/mol. The number of benzene rings is 2. The van der Waals surface area contributed by atoms with E-state index >= 15 is 0 Å². The largest absolute Gasteiger partial charge is 0.497 e. The van der Waals surface area contributed by atoms with Crippen molar-refractivity contribution >= 4 is 23.2 Å². The summed E-state index contributed by atoms with van der Waals surface area (Å²) in [7, 11) is 4.55. The highest BCUT2D eigenvalue weighted by Crippen LogP contribution is 2.31. The first-order chi connectivity index (χ1) is 14.3. The highest BCUT2D eigenvalue weighted by molar-refractivity contribution is 6.33. The number of halogens is 1. The highest BCUT2D eigenvalue weighted by atomic mass is 35.5. The molecule has 0 radical (unpaired) electrons. The Balaban J connectivity index is 1.80. The highest BCUT2D eigenvalue weighted by Gasteiger charge is 2.22. The van der Waals surface area contributed by atoms with Crippen LogP contribution in [0.1, 0.15) is 16.2 Å². The van der Waals surface area contributed by atoms with Gasteiger partial charge in [-0.2, -0.15) is 4.98 Å². The van der Waals surface area contributed by atoms with Crippen molar-refractivity contribution in [3.63, 3.8) is 0 Å². The van der Waals surface area contributed by atoms with E-state index in [0.717, 1.165) is 6.07 Å². The average Bonchev–Trinajstić information content (AvgIpc) is 3.20. The van der Waals surface area contributed by atoms with Crippen molar-refractivity contribution in [2.75, 3.05) is 21.3 Å². The number of nitrogens with zero attached hydrogens (tertiary/aromatic N) is 4. The van der Waals surface area contributed by atoms with E-state index in [1.165, 1.54) is 31.2 Å². The van der Waals surface area contributed by atoms with E-state index in [1.807, 2.05) is 0 Å². The van der Waals surface area contributed by atoms with Crippen LogP contribution in [0.25, 0.3) is 11.4 Å². The van der Waals surface area contributed by atoms with Crippen molar-refractivity contribution in [3.8, 4) is 22.9 Å². The maximum absolute atomic E-state index is 12.7. The molecule has 30 heavy (non-hydrogen) atoms. The van der Waals surface area contributed by atoms with Crippen molar-refractivity contribution in [2.24, 2.45) is 0 Å². The van der Waals surface area contributed by atoms with Crippen LogP contribution in [-0.4, -0.2) is 47.1 Å². The molecule has 0 aliphatic carbocycles.